The van der Waals surface area contributed by atoms with Gasteiger partial charge in [-0.1, -0.05) is 17.3 Å². The van der Waals surface area contributed by atoms with Crippen LogP contribution in [0.2, 0.25) is 0 Å². The number of aromatic nitrogens is 1. The van der Waals surface area contributed by atoms with E-state index in [4.69, 9.17) is 5.73 Å². The van der Waals surface area contributed by atoms with Crippen molar-refractivity contribution in [2.24, 2.45) is 17.9 Å². The van der Waals surface area contributed by atoms with Crippen LogP contribution in [0, 0.1) is 11.3 Å². The molecule has 9 heteroatoms. The molecule has 0 saturated carbocycles. The molecule has 0 aliphatic heterocycles. The molecule has 3 aromatic rings. The summed E-state index contributed by atoms with van der Waals surface area (Å²) >= 11 is 0. The summed E-state index contributed by atoms with van der Waals surface area (Å²) in [6.07, 6.45) is -3.11. The predicted molar refractivity (Wildman–Crippen MR) is 100 cm³/mol. The number of oxime groups is 1. The number of halogens is 3. The zero-order chi connectivity index (χ0) is 21.3. The van der Waals surface area contributed by atoms with Crippen molar-refractivity contribution >= 4 is 5.84 Å². The first-order valence-electron chi connectivity index (χ1n) is 8.25. The highest BCUT2D eigenvalue weighted by Gasteiger charge is 2.34. The van der Waals surface area contributed by atoms with Gasteiger partial charge in [0.1, 0.15) is 11.8 Å². The van der Waals surface area contributed by atoms with Gasteiger partial charge in [0.15, 0.2) is 5.84 Å². The minimum absolute atomic E-state index is 0.0597. The summed E-state index contributed by atoms with van der Waals surface area (Å²) in [5.74, 6) is -0.591. The summed E-state index contributed by atoms with van der Waals surface area (Å²) < 4.78 is 42.2. The number of hydrogen-bond donors (Lipinski definition) is 3. The topological polar surface area (TPSA) is 108 Å². The van der Waals surface area contributed by atoms with Gasteiger partial charge in [-0.2, -0.15) is 18.4 Å². The van der Waals surface area contributed by atoms with E-state index in [1.165, 1.54) is 30.3 Å². The number of nitrogens with zero attached hydrogens (tertiary/aromatic N) is 3. The van der Waals surface area contributed by atoms with Crippen molar-refractivity contribution in [1.29, 1.82) is 5.26 Å². The van der Waals surface area contributed by atoms with E-state index in [0.717, 1.165) is 12.1 Å². The number of rotatable bonds is 3. The Morgan fingerprint density at radius 2 is 1.83 bits per heavy atom. The number of nitrogens with two attached hydrogens (primary N) is 1. The molecule has 29 heavy (non-hydrogen) atoms. The Balaban J connectivity index is 2.51. The maximum Gasteiger partial charge on any atom is 0.416 e. The second kappa shape index (κ2) is 7.24. The van der Waals surface area contributed by atoms with E-state index in [2.05, 4.69) is 5.16 Å². The minimum atomic E-state index is -4.69. The monoisotopic (exact) mass is 400 g/mol. The van der Waals surface area contributed by atoms with E-state index in [1.807, 2.05) is 6.07 Å². The maximum absolute atomic E-state index is 13.6. The minimum Gasteiger partial charge on any atom is -0.508 e. The third-order valence-electron chi connectivity index (χ3n) is 4.46. The molecule has 1 heterocycles. The molecule has 0 unspecified atom stereocenters. The van der Waals surface area contributed by atoms with Crippen LogP contribution in [0.3, 0.4) is 0 Å². The molecule has 0 aliphatic carbocycles. The number of alkyl halides is 3. The Bertz CT molecular complexity index is 1140. The molecular formula is C20H15F3N4O2. The number of amidine groups is 1. The first-order valence-corrected chi connectivity index (χ1v) is 8.25. The number of benzene rings is 2. The SMILES string of the molecule is Cn1ccc(C#N)c1-c1c(/C(N)=N\O)cc(C(F)(F)F)cc1-c1ccc(O)cc1. The van der Waals surface area contributed by atoms with Crippen LogP contribution in [0.5, 0.6) is 5.75 Å². The van der Waals surface area contributed by atoms with Crippen LogP contribution in [0.1, 0.15) is 16.7 Å². The molecule has 6 nitrogen and oxygen atoms in total. The zero-order valence-electron chi connectivity index (χ0n) is 15.1. The van der Waals surface area contributed by atoms with Gasteiger partial charge >= 0.3 is 6.18 Å². The van der Waals surface area contributed by atoms with E-state index in [-0.39, 0.29) is 28.0 Å². The molecule has 0 radical (unpaired) electrons. The molecule has 0 atom stereocenters. The number of phenolic OH excluding ortho intramolecular Hbond substituents is 1. The smallest absolute Gasteiger partial charge is 0.416 e. The van der Waals surface area contributed by atoms with Crippen LogP contribution in [0.25, 0.3) is 22.4 Å². The fourth-order valence-electron chi connectivity index (χ4n) is 3.12. The van der Waals surface area contributed by atoms with Crippen molar-refractivity contribution in [2.75, 3.05) is 0 Å². The average Bonchev–Trinajstić information content (AvgIpc) is 3.06. The third-order valence-corrected chi connectivity index (χ3v) is 4.46. The molecular weight excluding hydrogens is 385 g/mol. The lowest BCUT2D eigenvalue weighted by Gasteiger charge is -2.19. The van der Waals surface area contributed by atoms with Crippen LogP contribution in [-0.2, 0) is 13.2 Å². The molecule has 4 N–H and O–H groups in total. The number of phenols is 1. The lowest BCUT2D eigenvalue weighted by Crippen LogP contribution is -2.18. The molecule has 3 rings (SSSR count). The zero-order valence-corrected chi connectivity index (χ0v) is 15.1. The average molecular weight is 400 g/mol. The number of aryl methyl sites for hydroxylation is 1. The molecule has 0 spiro atoms. The Labute approximate surface area is 163 Å². The van der Waals surface area contributed by atoms with E-state index >= 15 is 0 Å². The molecule has 0 fully saturated rings. The molecule has 0 bridgehead atoms. The van der Waals surface area contributed by atoms with Crippen molar-refractivity contribution in [3.05, 3.63) is 65.4 Å². The molecule has 2 aromatic carbocycles. The van der Waals surface area contributed by atoms with Gasteiger partial charge < -0.3 is 20.6 Å². The van der Waals surface area contributed by atoms with E-state index in [0.29, 0.717) is 11.3 Å². The van der Waals surface area contributed by atoms with Crippen LogP contribution in [0.4, 0.5) is 13.2 Å². The van der Waals surface area contributed by atoms with Crippen molar-refractivity contribution in [3.8, 4) is 34.2 Å². The molecule has 1 aromatic heterocycles. The van der Waals surface area contributed by atoms with Gasteiger partial charge in [-0.3, -0.25) is 0 Å². The van der Waals surface area contributed by atoms with Gasteiger partial charge in [0.2, 0.25) is 0 Å². The predicted octanol–water partition coefficient (Wildman–Crippen LogP) is 4.05. The lowest BCUT2D eigenvalue weighted by molar-refractivity contribution is -0.137. The van der Waals surface area contributed by atoms with E-state index < -0.39 is 17.6 Å². The Morgan fingerprint density at radius 1 is 1.17 bits per heavy atom. The van der Waals surface area contributed by atoms with Gasteiger partial charge in [0.25, 0.3) is 0 Å². The fourth-order valence-corrected chi connectivity index (χ4v) is 3.12. The van der Waals surface area contributed by atoms with Crippen LogP contribution >= 0.6 is 0 Å². The summed E-state index contributed by atoms with van der Waals surface area (Å²) in [5.41, 5.74) is 5.72. The number of aromatic hydroxyl groups is 1. The van der Waals surface area contributed by atoms with Crippen LogP contribution in [0.15, 0.2) is 53.8 Å². The standard InChI is InChI=1S/C20H15F3N4O2/c1-27-7-6-12(10-24)18(27)17-15(11-2-4-14(28)5-3-11)8-13(20(21,22)23)9-16(17)19(25)26-29/h2-9,28-29H,1H3,(H2,25,26). The normalized spacial score (nSPS) is 12.0. The van der Waals surface area contributed by atoms with Crippen molar-refractivity contribution < 1.29 is 23.5 Å². The van der Waals surface area contributed by atoms with Gasteiger partial charge in [0, 0.05) is 24.4 Å². The van der Waals surface area contributed by atoms with Gasteiger partial charge in [-0.15, -0.1) is 0 Å². The fraction of sp³-hybridized carbons (Fsp3) is 0.100. The quantitative estimate of drug-likeness (QED) is 0.267. The van der Waals surface area contributed by atoms with Crippen LogP contribution in [-0.4, -0.2) is 20.7 Å². The van der Waals surface area contributed by atoms with Crippen molar-refractivity contribution in [3.63, 3.8) is 0 Å². The number of hydrogen-bond acceptors (Lipinski definition) is 4. The third kappa shape index (κ3) is 3.60. The van der Waals surface area contributed by atoms with E-state index in [9.17, 15) is 28.7 Å². The molecule has 0 amide bonds. The lowest BCUT2D eigenvalue weighted by atomic mass is 9.89. The second-order valence-corrected chi connectivity index (χ2v) is 6.28. The summed E-state index contributed by atoms with van der Waals surface area (Å²) in [5, 5.41) is 31.1. The molecule has 148 valence electrons. The second-order valence-electron chi connectivity index (χ2n) is 6.28. The number of nitriles is 1. The van der Waals surface area contributed by atoms with Gasteiger partial charge in [-0.25, -0.2) is 0 Å². The summed E-state index contributed by atoms with van der Waals surface area (Å²) in [7, 11) is 1.63. The van der Waals surface area contributed by atoms with E-state index in [1.54, 1.807) is 17.8 Å². The summed E-state index contributed by atoms with van der Waals surface area (Å²) in [6, 6.07) is 10.8. The summed E-state index contributed by atoms with van der Waals surface area (Å²) in [4.78, 5) is 0. The Kier molecular flexibility index (Phi) is 4.95. The van der Waals surface area contributed by atoms with Gasteiger partial charge in [-0.05, 0) is 41.5 Å². The highest BCUT2D eigenvalue weighted by Crippen LogP contribution is 2.42. The first kappa shape index (κ1) is 19.8. The van der Waals surface area contributed by atoms with Crippen LogP contribution < -0.4 is 5.73 Å². The molecule has 0 aliphatic rings. The molecule has 0 saturated heterocycles. The largest absolute Gasteiger partial charge is 0.508 e. The Hall–Kier alpha value is -3.93. The summed E-state index contributed by atoms with van der Waals surface area (Å²) in [6.45, 7) is 0. The highest BCUT2D eigenvalue weighted by molar-refractivity contribution is 6.07. The van der Waals surface area contributed by atoms with Crippen molar-refractivity contribution in [2.45, 2.75) is 6.18 Å². The van der Waals surface area contributed by atoms with Gasteiger partial charge in [0.05, 0.1) is 16.8 Å². The van der Waals surface area contributed by atoms with Crippen molar-refractivity contribution in [1.82, 2.24) is 4.57 Å². The highest BCUT2D eigenvalue weighted by atomic mass is 19.4. The Morgan fingerprint density at radius 3 is 2.38 bits per heavy atom. The first-order chi connectivity index (χ1) is 13.7. The maximum atomic E-state index is 13.6.